The van der Waals surface area contributed by atoms with Crippen LogP contribution in [0.15, 0.2) is 73.4 Å². The third-order valence-corrected chi connectivity index (χ3v) is 5.45. The SMILES string of the molecule is Cc1cc(Nc2ncnc3ccc(OCCN(C)C)cc23)ccc1Oc1ccn2ccnc2c1. The standard InChI is InChI=1S/C26H26N6O2/c1-18-14-19(4-7-24(18)34-21-8-10-32-11-9-27-25(32)16-21)30-26-22-15-20(33-13-12-31(2)3)5-6-23(22)28-17-29-26/h4-11,14-17H,12-13H2,1-3H3,(H,28,29,30). The van der Waals surface area contributed by atoms with Crippen LogP contribution in [-0.4, -0.2) is 51.5 Å². The van der Waals surface area contributed by atoms with Crippen molar-refractivity contribution in [3.63, 3.8) is 0 Å². The van der Waals surface area contributed by atoms with E-state index in [1.165, 1.54) is 0 Å². The second-order valence-corrected chi connectivity index (χ2v) is 8.32. The fourth-order valence-electron chi connectivity index (χ4n) is 3.63. The molecular formula is C26H26N6O2. The third-order valence-electron chi connectivity index (χ3n) is 5.45. The minimum absolute atomic E-state index is 0.614. The van der Waals surface area contributed by atoms with Crippen molar-refractivity contribution >= 4 is 28.1 Å². The monoisotopic (exact) mass is 454 g/mol. The van der Waals surface area contributed by atoms with E-state index < -0.39 is 0 Å². The Morgan fingerprint density at radius 2 is 1.85 bits per heavy atom. The van der Waals surface area contributed by atoms with Crippen molar-refractivity contribution in [1.29, 1.82) is 0 Å². The van der Waals surface area contributed by atoms with Crippen LogP contribution in [0.2, 0.25) is 0 Å². The fourth-order valence-corrected chi connectivity index (χ4v) is 3.63. The summed E-state index contributed by atoms with van der Waals surface area (Å²) in [5, 5.41) is 4.32. The van der Waals surface area contributed by atoms with E-state index in [2.05, 4.69) is 25.2 Å². The molecule has 2 aromatic carbocycles. The Hall–Kier alpha value is -4.17. The summed E-state index contributed by atoms with van der Waals surface area (Å²) in [5.41, 5.74) is 3.60. The number of anilines is 2. The van der Waals surface area contributed by atoms with E-state index in [4.69, 9.17) is 9.47 Å². The lowest BCUT2D eigenvalue weighted by molar-refractivity contribution is 0.261. The highest BCUT2D eigenvalue weighted by Crippen LogP contribution is 2.31. The number of aromatic nitrogens is 4. The topological polar surface area (TPSA) is 76.8 Å². The second-order valence-electron chi connectivity index (χ2n) is 8.32. The van der Waals surface area contributed by atoms with Crippen molar-refractivity contribution in [2.45, 2.75) is 6.92 Å². The first kappa shape index (κ1) is 21.7. The third kappa shape index (κ3) is 4.77. The minimum atomic E-state index is 0.614. The first-order valence-corrected chi connectivity index (χ1v) is 11.1. The van der Waals surface area contributed by atoms with E-state index in [1.807, 2.05) is 86.3 Å². The number of hydrogen-bond acceptors (Lipinski definition) is 7. The van der Waals surface area contributed by atoms with E-state index in [9.17, 15) is 0 Å². The van der Waals surface area contributed by atoms with Gasteiger partial charge in [0.25, 0.3) is 0 Å². The molecular weight excluding hydrogens is 428 g/mol. The van der Waals surface area contributed by atoms with Crippen molar-refractivity contribution in [2.24, 2.45) is 0 Å². The molecule has 5 rings (SSSR count). The van der Waals surface area contributed by atoms with Gasteiger partial charge >= 0.3 is 0 Å². The second kappa shape index (κ2) is 9.36. The summed E-state index contributed by atoms with van der Waals surface area (Å²) in [5.74, 6) is 3.04. The van der Waals surface area contributed by atoms with Crippen molar-refractivity contribution in [1.82, 2.24) is 24.3 Å². The number of nitrogens with one attached hydrogen (secondary N) is 1. The molecule has 5 aromatic rings. The zero-order chi connectivity index (χ0) is 23.5. The summed E-state index contributed by atoms with van der Waals surface area (Å²) in [4.78, 5) is 15.3. The van der Waals surface area contributed by atoms with Crippen LogP contribution < -0.4 is 14.8 Å². The molecule has 8 nitrogen and oxygen atoms in total. The van der Waals surface area contributed by atoms with Crippen LogP contribution in [0, 0.1) is 6.92 Å². The lowest BCUT2D eigenvalue weighted by Gasteiger charge is -2.14. The number of nitrogens with zero attached hydrogens (tertiary/aromatic N) is 5. The molecule has 3 heterocycles. The Kier molecular flexibility index (Phi) is 5.97. The number of benzene rings is 2. The van der Waals surface area contributed by atoms with Crippen LogP contribution in [0.1, 0.15) is 5.56 Å². The molecule has 34 heavy (non-hydrogen) atoms. The number of fused-ring (bicyclic) bond motifs is 2. The molecule has 0 spiro atoms. The molecule has 0 atom stereocenters. The van der Waals surface area contributed by atoms with Gasteiger partial charge in [0.05, 0.1) is 5.52 Å². The summed E-state index contributed by atoms with van der Waals surface area (Å²) in [7, 11) is 4.05. The molecule has 3 aromatic heterocycles. The molecule has 0 amide bonds. The zero-order valence-corrected chi connectivity index (χ0v) is 19.4. The van der Waals surface area contributed by atoms with Crippen LogP contribution in [0.4, 0.5) is 11.5 Å². The lowest BCUT2D eigenvalue weighted by Crippen LogP contribution is -2.19. The predicted molar refractivity (Wildman–Crippen MR) is 133 cm³/mol. The molecule has 0 fully saturated rings. The maximum atomic E-state index is 6.11. The molecule has 172 valence electrons. The van der Waals surface area contributed by atoms with Crippen LogP contribution in [0.25, 0.3) is 16.6 Å². The van der Waals surface area contributed by atoms with E-state index in [0.29, 0.717) is 6.61 Å². The maximum Gasteiger partial charge on any atom is 0.141 e. The van der Waals surface area contributed by atoms with Gasteiger partial charge in [0.2, 0.25) is 0 Å². The molecule has 0 aliphatic heterocycles. The molecule has 0 saturated heterocycles. The Morgan fingerprint density at radius 1 is 0.941 bits per heavy atom. The van der Waals surface area contributed by atoms with E-state index in [0.717, 1.165) is 57.4 Å². The van der Waals surface area contributed by atoms with Gasteiger partial charge in [-0.1, -0.05) is 0 Å². The Morgan fingerprint density at radius 3 is 2.71 bits per heavy atom. The van der Waals surface area contributed by atoms with E-state index >= 15 is 0 Å². The first-order chi connectivity index (χ1) is 16.5. The van der Waals surface area contributed by atoms with Gasteiger partial charge in [0, 0.05) is 42.3 Å². The highest BCUT2D eigenvalue weighted by Gasteiger charge is 2.09. The van der Waals surface area contributed by atoms with Crippen LogP contribution in [0.5, 0.6) is 17.2 Å². The van der Waals surface area contributed by atoms with Crippen molar-refractivity contribution < 1.29 is 9.47 Å². The molecule has 0 bridgehead atoms. The number of rotatable bonds is 8. The Balaban J connectivity index is 1.35. The van der Waals surface area contributed by atoms with E-state index in [1.54, 1.807) is 12.5 Å². The van der Waals surface area contributed by atoms with Crippen molar-refractivity contribution in [3.8, 4) is 17.2 Å². The smallest absolute Gasteiger partial charge is 0.141 e. The number of ether oxygens (including phenoxy) is 2. The summed E-state index contributed by atoms with van der Waals surface area (Å²) in [6.45, 7) is 3.48. The van der Waals surface area contributed by atoms with Crippen molar-refractivity contribution in [3.05, 3.63) is 79.0 Å². The van der Waals surface area contributed by atoms with Gasteiger partial charge in [-0.15, -0.1) is 0 Å². The fraction of sp³-hybridized carbons (Fsp3) is 0.192. The Labute approximate surface area is 197 Å². The predicted octanol–water partition coefficient (Wildman–Crippen LogP) is 5.06. The van der Waals surface area contributed by atoms with Crippen LogP contribution >= 0.6 is 0 Å². The van der Waals surface area contributed by atoms with Gasteiger partial charge in [-0.05, 0) is 69.0 Å². The van der Waals surface area contributed by atoms with Gasteiger partial charge in [-0.25, -0.2) is 15.0 Å². The first-order valence-electron chi connectivity index (χ1n) is 11.1. The normalized spacial score (nSPS) is 11.3. The minimum Gasteiger partial charge on any atom is -0.492 e. The molecule has 8 heteroatoms. The number of likely N-dealkylation sites (N-methyl/N-ethyl adjacent to an activating group) is 1. The quantitative estimate of drug-likeness (QED) is 0.351. The molecule has 0 aliphatic rings. The van der Waals surface area contributed by atoms with Gasteiger partial charge < -0.3 is 24.1 Å². The van der Waals surface area contributed by atoms with Crippen LogP contribution in [0.3, 0.4) is 0 Å². The molecule has 0 radical (unpaired) electrons. The summed E-state index contributed by atoms with van der Waals surface area (Å²) >= 11 is 0. The number of pyridine rings is 1. The van der Waals surface area contributed by atoms with Gasteiger partial charge in [-0.3, -0.25) is 0 Å². The molecule has 0 aliphatic carbocycles. The number of hydrogen-bond donors (Lipinski definition) is 1. The maximum absolute atomic E-state index is 6.11. The summed E-state index contributed by atoms with van der Waals surface area (Å²) < 4.78 is 13.9. The molecule has 1 N–H and O–H groups in total. The number of imidazole rings is 1. The van der Waals surface area contributed by atoms with Gasteiger partial charge in [0.15, 0.2) is 0 Å². The summed E-state index contributed by atoms with van der Waals surface area (Å²) in [6.07, 6.45) is 7.16. The van der Waals surface area contributed by atoms with Crippen LogP contribution in [-0.2, 0) is 0 Å². The average molecular weight is 455 g/mol. The van der Waals surface area contributed by atoms with E-state index in [-0.39, 0.29) is 0 Å². The average Bonchev–Trinajstić information content (AvgIpc) is 3.29. The lowest BCUT2D eigenvalue weighted by atomic mass is 10.2. The zero-order valence-electron chi connectivity index (χ0n) is 19.4. The van der Waals surface area contributed by atoms with Gasteiger partial charge in [-0.2, -0.15) is 0 Å². The van der Waals surface area contributed by atoms with Crippen molar-refractivity contribution in [2.75, 3.05) is 32.6 Å². The highest BCUT2D eigenvalue weighted by molar-refractivity contribution is 5.91. The summed E-state index contributed by atoms with van der Waals surface area (Å²) in [6, 6.07) is 15.7. The molecule has 0 unspecified atom stereocenters. The highest BCUT2D eigenvalue weighted by atomic mass is 16.5. The number of aryl methyl sites for hydroxylation is 1. The largest absolute Gasteiger partial charge is 0.492 e. The Bertz CT molecular complexity index is 1450. The van der Waals surface area contributed by atoms with Gasteiger partial charge in [0.1, 0.15) is 41.6 Å². The molecule has 0 saturated carbocycles.